The lowest BCUT2D eigenvalue weighted by Crippen LogP contribution is -2.17. The number of rotatable bonds is 6. The van der Waals surface area contributed by atoms with Crippen molar-refractivity contribution in [1.82, 2.24) is 10.4 Å². The van der Waals surface area contributed by atoms with Gasteiger partial charge in [-0.3, -0.25) is 9.78 Å². The smallest absolute Gasteiger partial charge is 0.271 e. The fourth-order valence-electron chi connectivity index (χ4n) is 1.60. The van der Waals surface area contributed by atoms with E-state index in [2.05, 4.69) is 38.0 Å². The molecule has 0 aliphatic carbocycles. The van der Waals surface area contributed by atoms with Crippen molar-refractivity contribution < 1.29 is 9.53 Å². The topological polar surface area (TPSA) is 63.6 Å². The van der Waals surface area contributed by atoms with Gasteiger partial charge in [-0.25, -0.2) is 5.43 Å². The van der Waals surface area contributed by atoms with Crippen molar-refractivity contribution in [2.45, 2.75) is 0 Å². The van der Waals surface area contributed by atoms with E-state index in [4.69, 9.17) is 4.74 Å². The largest absolute Gasteiger partial charge is 0.488 e. The maximum atomic E-state index is 11.8. The molecule has 0 unspecified atom stereocenters. The van der Waals surface area contributed by atoms with Crippen molar-refractivity contribution in [3.8, 4) is 5.75 Å². The highest BCUT2D eigenvalue weighted by molar-refractivity contribution is 9.10. The van der Waals surface area contributed by atoms with E-state index >= 15 is 0 Å². The number of hydrogen-bond donors (Lipinski definition) is 1. The molecule has 0 saturated heterocycles. The SMILES string of the molecule is C=CCOc1ccc(/C=N\NC(=O)c2ccncc2)cc1Br. The van der Waals surface area contributed by atoms with Crippen LogP contribution < -0.4 is 10.2 Å². The molecule has 0 aliphatic rings. The fourth-order valence-corrected chi connectivity index (χ4v) is 2.11. The Labute approximate surface area is 136 Å². The van der Waals surface area contributed by atoms with Gasteiger partial charge in [-0.15, -0.1) is 0 Å². The van der Waals surface area contributed by atoms with Crippen LogP contribution in [0.4, 0.5) is 0 Å². The van der Waals surface area contributed by atoms with Crippen LogP contribution >= 0.6 is 15.9 Å². The van der Waals surface area contributed by atoms with Crippen LogP contribution in [0.3, 0.4) is 0 Å². The fraction of sp³-hybridized carbons (Fsp3) is 0.0625. The summed E-state index contributed by atoms with van der Waals surface area (Å²) in [6, 6.07) is 8.74. The number of aromatic nitrogens is 1. The molecule has 2 rings (SSSR count). The van der Waals surface area contributed by atoms with Gasteiger partial charge in [0, 0.05) is 18.0 Å². The lowest BCUT2D eigenvalue weighted by molar-refractivity contribution is 0.0955. The van der Waals surface area contributed by atoms with Crippen LogP contribution in [0.15, 0.2) is 65.0 Å². The third-order valence-electron chi connectivity index (χ3n) is 2.63. The zero-order valence-corrected chi connectivity index (χ0v) is 13.3. The molecule has 0 radical (unpaired) electrons. The number of amides is 1. The van der Waals surface area contributed by atoms with Gasteiger partial charge in [0.2, 0.25) is 0 Å². The summed E-state index contributed by atoms with van der Waals surface area (Å²) in [5.41, 5.74) is 3.79. The third kappa shape index (κ3) is 4.53. The number of benzene rings is 1. The predicted octanol–water partition coefficient (Wildman–Crippen LogP) is 3.17. The molecule has 5 nitrogen and oxygen atoms in total. The van der Waals surface area contributed by atoms with E-state index < -0.39 is 0 Å². The molecule has 0 atom stereocenters. The van der Waals surface area contributed by atoms with Gasteiger partial charge in [0.1, 0.15) is 12.4 Å². The number of carbonyl (C=O) groups excluding carboxylic acids is 1. The molecule has 2 aromatic rings. The van der Waals surface area contributed by atoms with E-state index in [1.807, 2.05) is 18.2 Å². The van der Waals surface area contributed by atoms with Gasteiger partial charge in [0.05, 0.1) is 10.7 Å². The molecule has 0 spiro atoms. The van der Waals surface area contributed by atoms with Crippen molar-refractivity contribution >= 4 is 28.1 Å². The van der Waals surface area contributed by atoms with Crippen LogP contribution in [0.25, 0.3) is 0 Å². The minimum Gasteiger partial charge on any atom is -0.488 e. The number of pyridine rings is 1. The summed E-state index contributed by atoms with van der Waals surface area (Å²) < 4.78 is 6.26. The minimum absolute atomic E-state index is 0.288. The molecule has 6 heteroatoms. The van der Waals surface area contributed by atoms with Gasteiger partial charge in [-0.2, -0.15) is 5.10 Å². The van der Waals surface area contributed by atoms with Crippen molar-refractivity contribution in [2.75, 3.05) is 6.61 Å². The average molecular weight is 360 g/mol. The van der Waals surface area contributed by atoms with Crippen LogP contribution in [0.5, 0.6) is 5.75 Å². The second-order valence-corrected chi connectivity index (χ2v) is 5.08. The Kier molecular flexibility index (Phi) is 5.85. The number of halogens is 1. The molecule has 1 aromatic carbocycles. The minimum atomic E-state index is -0.288. The summed E-state index contributed by atoms with van der Waals surface area (Å²) in [6.45, 7) is 4.04. The molecule has 1 amide bonds. The number of hydrogen-bond acceptors (Lipinski definition) is 4. The van der Waals surface area contributed by atoms with Gasteiger partial charge in [-0.1, -0.05) is 12.7 Å². The first-order valence-electron chi connectivity index (χ1n) is 6.47. The van der Waals surface area contributed by atoms with Gasteiger partial charge in [0.15, 0.2) is 0 Å². The van der Waals surface area contributed by atoms with Crippen molar-refractivity contribution in [3.63, 3.8) is 0 Å². The highest BCUT2D eigenvalue weighted by Crippen LogP contribution is 2.25. The highest BCUT2D eigenvalue weighted by atomic mass is 79.9. The molecule has 1 N–H and O–H groups in total. The first-order valence-corrected chi connectivity index (χ1v) is 7.26. The summed E-state index contributed by atoms with van der Waals surface area (Å²) >= 11 is 3.42. The molecule has 1 heterocycles. The molecule has 112 valence electrons. The van der Waals surface area contributed by atoms with E-state index in [1.165, 1.54) is 0 Å². The number of ether oxygens (including phenoxy) is 1. The summed E-state index contributed by atoms with van der Waals surface area (Å²) in [6.07, 6.45) is 6.34. The lowest BCUT2D eigenvalue weighted by atomic mass is 10.2. The molecule has 1 aromatic heterocycles. The summed E-state index contributed by atoms with van der Waals surface area (Å²) in [5, 5.41) is 3.93. The predicted molar refractivity (Wildman–Crippen MR) is 89.1 cm³/mol. The van der Waals surface area contributed by atoms with Gasteiger partial charge in [-0.05, 0) is 51.8 Å². The Balaban J connectivity index is 1.97. The van der Waals surface area contributed by atoms with Crippen molar-refractivity contribution in [3.05, 3.63) is 71.0 Å². The summed E-state index contributed by atoms with van der Waals surface area (Å²) in [4.78, 5) is 15.6. The number of carbonyl (C=O) groups is 1. The Morgan fingerprint density at radius 1 is 1.36 bits per heavy atom. The highest BCUT2D eigenvalue weighted by Gasteiger charge is 2.03. The van der Waals surface area contributed by atoms with Crippen molar-refractivity contribution in [1.29, 1.82) is 0 Å². The average Bonchev–Trinajstić information content (AvgIpc) is 2.55. The van der Waals surface area contributed by atoms with Crippen LogP contribution in [-0.4, -0.2) is 23.7 Å². The molecule has 0 saturated carbocycles. The number of nitrogens with one attached hydrogen (secondary N) is 1. The van der Waals surface area contributed by atoms with Crippen molar-refractivity contribution in [2.24, 2.45) is 5.10 Å². The second kappa shape index (κ2) is 8.09. The molecule has 0 fully saturated rings. The maximum Gasteiger partial charge on any atom is 0.271 e. The van der Waals surface area contributed by atoms with E-state index in [0.29, 0.717) is 12.2 Å². The maximum absolute atomic E-state index is 11.8. The Morgan fingerprint density at radius 2 is 2.14 bits per heavy atom. The van der Waals surface area contributed by atoms with E-state index in [9.17, 15) is 4.79 Å². The Hall–Kier alpha value is -2.47. The monoisotopic (exact) mass is 359 g/mol. The van der Waals surface area contributed by atoms with E-state index in [1.54, 1.807) is 36.8 Å². The second-order valence-electron chi connectivity index (χ2n) is 4.22. The zero-order valence-electron chi connectivity index (χ0n) is 11.7. The van der Waals surface area contributed by atoms with Gasteiger partial charge >= 0.3 is 0 Å². The standard InChI is InChI=1S/C16H14BrN3O2/c1-2-9-22-15-4-3-12(10-14(15)17)11-19-20-16(21)13-5-7-18-8-6-13/h2-8,10-11H,1,9H2,(H,20,21)/b19-11-. The Morgan fingerprint density at radius 3 is 2.82 bits per heavy atom. The van der Waals surface area contributed by atoms with Crippen LogP contribution in [0.1, 0.15) is 15.9 Å². The molecule has 0 aliphatic heterocycles. The first-order chi connectivity index (χ1) is 10.7. The molecule has 0 bridgehead atoms. The van der Waals surface area contributed by atoms with Crippen LogP contribution in [0.2, 0.25) is 0 Å². The Bertz CT molecular complexity index is 687. The van der Waals surface area contributed by atoms with E-state index in [0.717, 1.165) is 15.8 Å². The number of nitrogens with zero attached hydrogens (tertiary/aromatic N) is 2. The summed E-state index contributed by atoms with van der Waals surface area (Å²) in [5.74, 6) is 0.432. The van der Waals surface area contributed by atoms with Gasteiger partial charge < -0.3 is 4.74 Å². The van der Waals surface area contributed by atoms with Crippen LogP contribution in [0, 0.1) is 0 Å². The number of hydrazone groups is 1. The third-order valence-corrected chi connectivity index (χ3v) is 3.25. The lowest BCUT2D eigenvalue weighted by Gasteiger charge is -2.06. The molecular weight excluding hydrogens is 346 g/mol. The van der Waals surface area contributed by atoms with Crippen LogP contribution in [-0.2, 0) is 0 Å². The van der Waals surface area contributed by atoms with E-state index in [-0.39, 0.29) is 5.91 Å². The normalized spacial score (nSPS) is 10.4. The quantitative estimate of drug-likeness (QED) is 0.489. The van der Waals surface area contributed by atoms with Gasteiger partial charge in [0.25, 0.3) is 5.91 Å². The summed E-state index contributed by atoms with van der Waals surface area (Å²) in [7, 11) is 0. The first kappa shape index (κ1) is 15.9. The molecule has 22 heavy (non-hydrogen) atoms. The molecular formula is C16H14BrN3O2. The zero-order chi connectivity index (χ0) is 15.8.